The molecule has 1 amide bonds. The maximum Gasteiger partial charge on any atom is 0.407 e. The Morgan fingerprint density at radius 2 is 1.87 bits per heavy atom. The van der Waals surface area contributed by atoms with Crippen molar-refractivity contribution in [1.82, 2.24) is 29.0 Å². The van der Waals surface area contributed by atoms with E-state index in [0.29, 0.717) is 29.8 Å². The van der Waals surface area contributed by atoms with E-state index in [4.69, 9.17) is 9.72 Å². The topological polar surface area (TPSA) is 157 Å². The van der Waals surface area contributed by atoms with E-state index in [0.717, 1.165) is 30.3 Å². The lowest BCUT2D eigenvalue weighted by Gasteiger charge is -2.34. The molecule has 0 unspecified atom stereocenters. The number of piperidine rings is 1. The van der Waals surface area contributed by atoms with Crippen LogP contribution in [0.25, 0.3) is 21.9 Å². The summed E-state index contributed by atoms with van der Waals surface area (Å²) in [4.78, 5) is 65.4. The van der Waals surface area contributed by atoms with Crippen molar-refractivity contribution >= 4 is 39.8 Å². The lowest BCUT2D eigenvalue weighted by Crippen LogP contribution is -2.49. The number of ketones is 1. The highest BCUT2D eigenvalue weighted by atomic mass is 16.6. The third kappa shape index (κ3) is 6.34. The number of anilines is 1. The largest absolute Gasteiger partial charge is 0.444 e. The van der Waals surface area contributed by atoms with Crippen LogP contribution in [0.3, 0.4) is 0 Å². The number of Topliss-reactive ketones (excluding diaryl/α,β-unsaturated/α-hetero) is 1. The molecular formula is C34H36N8O5. The number of pyridine rings is 1. The Morgan fingerprint density at radius 3 is 2.57 bits per heavy atom. The van der Waals surface area contributed by atoms with Crippen molar-refractivity contribution in [3.8, 4) is 17.9 Å². The second-order valence-corrected chi connectivity index (χ2v) is 12.9. The standard InChI is InChI=1S/C34H36N8O5/c1-5-6-16-40-28-29(38-31(40)39-15-9-11-22(19-39)36-32(45)47-34(2,3)4)42(23-13-14-23)33(46)41(30(28)44)20-27(43)25-17-21-10-7-8-12-24(21)26(18-35)37-25/h7-8,10,12,17,22-23H,9,11,13-16,19-20H2,1-4H3,(H,36,45)/t22-/m1/s1. The first-order valence-electron chi connectivity index (χ1n) is 15.7. The van der Waals surface area contributed by atoms with E-state index < -0.39 is 35.3 Å². The van der Waals surface area contributed by atoms with Crippen LogP contribution >= 0.6 is 0 Å². The Labute approximate surface area is 270 Å². The summed E-state index contributed by atoms with van der Waals surface area (Å²) in [6.45, 7) is 7.72. The summed E-state index contributed by atoms with van der Waals surface area (Å²) < 4.78 is 9.61. The number of rotatable bonds is 7. The van der Waals surface area contributed by atoms with Crippen LogP contribution in [0, 0.1) is 23.2 Å². The Hall–Kier alpha value is -5.43. The van der Waals surface area contributed by atoms with E-state index in [9.17, 15) is 24.4 Å². The summed E-state index contributed by atoms with van der Waals surface area (Å²) >= 11 is 0. The van der Waals surface area contributed by atoms with Crippen molar-refractivity contribution in [2.24, 2.45) is 0 Å². The van der Waals surface area contributed by atoms with Crippen LogP contribution < -0.4 is 21.5 Å². The zero-order valence-corrected chi connectivity index (χ0v) is 26.9. The molecule has 0 bridgehead atoms. The molecule has 1 saturated carbocycles. The van der Waals surface area contributed by atoms with E-state index in [-0.39, 0.29) is 41.2 Å². The van der Waals surface area contributed by atoms with Crippen LogP contribution in [0.5, 0.6) is 0 Å². The Kier molecular flexibility index (Phi) is 8.32. The summed E-state index contributed by atoms with van der Waals surface area (Å²) in [5, 5.41) is 13.9. The van der Waals surface area contributed by atoms with E-state index in [2.05, 4.69) is 22.1 Å². The number of nitrogens with one attached hydrogen (secondary N) is 1. The Balaban J connectivity index is 1.42. The first-order chi connectivity index (χ1) is 22.5. The lowest BCUT2D eigenvalue weighted by atomic mass is 10.1. The predicted molar refractivity (Wildman–Crippen MR) is 175 cm³/mol. The molecule has 1 saturated heterocycles. The molecule has 0 spiro atoms. The van der Waals surface area contributed by atoms with Gasteiger partial charge in [0.2, 0.25) is 11.7 Å². The quantitative estimate of drug-likeness (QED) is 0.237. The first kappa shape index (κ1) is 31.5. The molecule has 1 aliphatic carbocycles. The average Bonchev–Trinajstić information content (AvgIpc) is 3.80. The maximum atomic E-state index is 14.2. The first-order valence-corrected chi connectivity index (χ1v) is 15.7. The minimum atomic E-state index is -0.659. The molecule has 13 nitrogen and oxygen atoms in total. The highest BCUT2D eigenvalue weighted by Crippen LogP contribution is 2.36. The third-order valence-corrected chi connectivity index (χ3v) is 8.23. The Morgan fingerprint density at radius 1 is 1.11 bits per heavy atom. The van der Waals surface area contributed by atoms with Gasteiger partial charge in [-0.1, -0.05) is 30.2 Å². The molecule has 242 valence electrons. The number of fused-ring (bicyclic) bond motifs is 2. The van der Waals surface area contributed by atoms with Gasteiger partial charge >= 0.3 is 11.8 Å². The zero-order valence-electron chi connectivity index (χ0n) is 26.9. The summed E-state index contributed by atoms with van der Waals surface area (Å²) in [6.07, 6.45) is 2.46. The van der Waals surface area contributed by atoms with Gasteiger partial charge in [0.15, 0.2) is 11.2 Å². The number of carbonyl (C=O) groups excluding carboxylic acids is 2. The van der Waals surface area contributed by atoms with Gasteiger partial charge in [-0.3, -0.25) is 23.3 Å². The molecule has 47 heavy (non-hydrogen) atoms. The van der Waals surface area contributed by atoms with Crippen molar-refractivity contribution < 1.29 is 14.3 Å². The maximum absolute atomic E-state index is 14.2. The second-order valence-electron chi connectivity index (χ2n) is 12.9. The van der Waals surface area contributed by atoms with Crippen molar-refractivity contribution in [3.05, 3.63) is 62.6 Å². The minimum Gasteiger partial charge on any atom is -0.444 e. The van der Waals surface area contributed by atoms with Crippen LogP contribution in [0.1, 0.15) is 75.6 Å². The van der Waals surface area contributed by atoms with Gasteiger partial charge in [0.25, 0.3) is 5.56 Å². The minimum absolute atomic E-state index is 0.00693. The van der Waals surface area contributed by atoms with Crippen molar-refractivity contribution in [3.63, 3.8) is 0 Å². The number of carbonyl (C=O) groups is 2. The van der Waals surface area contributed by atoms with E-state index in [1.54, 1.807) is 62.6 Å². The summed E-state index contributed by atoms with van der Waals surface area (Å²) in [5.41, 5.74) is -1.42. The fraction of sp³-hybridized carbons (Fsp3) is 0.441. The predicted octanol–water partition coefficient (Wildman–Crippen LogP) is 3.51. The van der Waals surface area contributed by atoms with Crippen molar-refractivity contribution in [2.75, 3.05) is 18.0 Å². The van der Waals surface area contributed by atoms with Gasteiger partial charge < -0.3 is 15.0 Å². The summed E-state index contributed by atoms with van der Waals surface area (Å²) in [5.74, 6) is 5.79. The normalized spacial score (nSPS) is 16.4. The van der Waals surface area contributed by atoms with E-state index >= 15 is 0 Å². The smallest absolute Gasteiger partial charge is 0.407 e. The van der Waals surface area contributed by atoms with Crippen molar-refractivity contribution in [2.45, 2.75) is 84.2 Å². The van der Waals surface area contributed by atoms with Gasteiger partial charge in [0, 0.05) is 30.6 Å². The highest BCUT2D eigenvalue weighted by Gasteiger charge is 2.34. The number of alkyl carbamates (subject to hydrolysis) is 1. The van der Waals surface area contributed by atoms with Gasteiger partial charge in [-0.15, -0.1) is 5.92 Å². The fourth-order valence-corrected chi connectivity index (χ4v) is 6.00. The SMILES string of the molecule is CC#CCn1c(N2CCC[C@@H](NC(=O)OC(C)(C)C)C2)nc2c1c(=O)n(CC(=O)c1cc3ccccc3c(C#N)n1)c(=O)n2C1CC1. The van der Waals surface area contributed by atoms with E-state index in [1.165, 1.54) is 4.57 Å². The van der Waals surface area contributed by atoms with Gasteiger partial charge in [-0.25, -0.2) is 14.6 Å². The molecule has 13 heteroatoms. The summed E-state index contributed by atoms with van der Waals surface area (Å²) in [6, 6.07) is 10.3. The number of amides is 1. The molecule has 3 aromatic heterocycles. The molecule has 1 aromatic carbocycles. The van der Waals surface area contributed by atoms with Crippen LogP contribution in [-0.2, 0) is 17.8 Å². The van der Waals surface area contributed by atoms with Crippen LogP contribution in [-0.4, -0.2) is 60.3 Å². The van der Waals surface area contributed by atoms with Crippen LogP contribution in [0.4, 0.5) is 10.7 Å². The number of imidazole rings is 1. The van der Waals surface area contributed by atoms with Crippen molar-refractivity contribution in [1.29, 1.82) is 5.26 Å². The number of hydrogen-bond donors (Lipinski definition) is 1. The molecule has 4 heterocycles. The number of nitrogens with zero attached hydrogens (tertiary/aromatic N) is 7. The lowest BCUT2D eigenvalue weighted by molar-refractivity contribution is 0.0499. The number of benzene rings is 1. The number of hydrogen-bond acceptors (Lipinski definition) is 9. The molecule has 1 atom stereocenters. The fourth-order valence-electron chi connectivity index (χ4n) is 6.00. The second kappa shape index (κ2) is 12.4. The number of ether oxygens (including phenoxy) is 1. The molecule has 1 aliphatic heterocycles. The van der Waals surface area contributed by atoms with Crippen LogP contribution in [0.2, 0.25) is 0 Å². The van der Waals surface area contributed by atoms with Gasteiger partial charge in [0.1, 0.15) is 23.1 Å². The van der Waals surface area contributed by atoms with E-state index in [1.807, 2.05) is 11.0 Å². The molecule has 2 fully saturated rings. The van der Waals surface area contributed by atoms with Gasteiger partial charge in [-0.2, -0.15) is 10.2 Å². The molecule has 6 rings (SSSR count). The molecule has 1 N–H and O–H groups in total. The molecular weight excluding hydrogens is 600 g/mol. The monoisotopic (exact) mass is 636 g/mol. The van der Waals surface area contributed by atoms with Gasteiger partial charge in [0.05, 0.1) is 13.1 Å². The van der Waals surface area contributed by atoms with Gasteiger partial charge in [-0.05, 0) is 64.8 Å². The number of nitriles is 1. The third-order valence-electron chi connectivity index (χ3n) is 8.23. The molecule has 2 aliphatic rings. The van der Waals surface area contributed by atoms with Crippen LogP contribution in [0.15, 0.2) is 39.9 Å². The summed E-state index contributed by atoms with van der Waals surface area (Å²) in [7, 11) is 0. The Bertz CT molecular complexity index is 2130. The highest BCUT2D eigenvalue weighted by molar-refractivity contribution is 5.99. The zero-order chi connectivity index (χ0) is 33.5. The molecule has 4 aromatic rings. The molecule has 0 radical (unpaired) electrons. The average molecular weight is 637 g/mol. The number of aromatic nitrogens is 5.